The van der Waals surface area contributed by atoms with Crippen LogP contribution in [0.5, 0.6) is 0 Å². The van der Waals surface area contributed by atoms with Crippen LogP contribution in [0.1, 0.15) is 66.0 Å². The molecule has 1 heterocycles. The van der Waals surface area contributed by atoms with Crippen molar-refractivity contribution in [1.29, 1.82) is 0 Å². The number of carbonyl (C=O) groups excluding carboxylic acids is 1. The highest BCUT2D eigenvalue weighted by molar-refractivity contribution is 7.84. The Morgan fingerprint density at radius 2 is 1.62 bits per heavy atom. The Kier molecular flexibility index (Phi) is 8.48. The van der Waals surface area contributed by atoms with Crippen molar-refractivity contribution in [2.75, 3.05) is 13.1 Å². The molecule has 34 heavy (non-hydrogen) atoms. The molecule has 0 radical (unpaired) electrons. The molecule has 2 aromatic rings. The largest absolute Gasteiger partial charge is 0.444 e. The van der Waals surface area contributed by atoms with E-state index in [1.54, 1.807) is 4.90 Å². The third-order valence-electron chi connectivity index (χ3n) is 5.90. The summed E-state index contributed by atoms with van der Waals surface area (Å²) in [7, 11) is -1.25. The van der Waals surface area contributed by atoms with Crippen molar-refractivity contribution < 1.29 is 13.7 Å². The lowest BCUT2D eigenvalue weighted by Gasteiger charge is -2.38. The van der Waals surface area contributed by atoms with E-state index in [1.807, 2.05) is 77.9 Å². The summed E-state index contributed by atoms with van der Waals surface area (Å²) in [6.45, 7) is 12.8. The summed E-state index contributed by atoms with van der Waals surface area (Å²) in [5.41, 5.74) is 2.76. The van der Waals surface area contributed by atoms with E-state index in [2.05, 4.69) is 16.9 Å². The predicted octanol–water partition coefficient (Wildman–Crippen LogP) is 6.75. The molecule has 186 valence electrons. The molecule has 3 rings (SSSR count). The minimum Gasteiger partial charge on any atom is -0.444 e. The van der Waals surface area contributed by atoms with Crippen molar-refractivity contribution in [3.05, 3.63) is 59.1 Å². The highest BCUT2D eigenvalue weighted by Gasteiger charge is 2.34. The van der Waals surface area contributed by atoms with Gasteiger partial charge in [-0.25, -0.2) is 13.7 Å². The number of carbonyl (C=O) groups is 1. The smallest absolute Gasteiger partial charge is 0.410 e. The summed E-state index contributed by atoms with van der Waals surface area (Å²) < 4.78 is 21.8. The number of benzene rings is 2. The molecule has 1 aliphatic heterocycles. The Labute approximate surface area is 211 Å². The van der Waals surface area contributed by atoms with Crippen molar-refractivity contribution in [2.45, 2.75) is 70.8 Å². The van der Waals surface area contributed by atoms with Gasteiger partial charge in [0.05, 0.1) is 15.7 Å². The molecule has 0 spiro atoms. The molecule has 0 saturated carbocycles. The second-order valence-electron chi connectivity index (χ2n) is 10.9. The Morgan fingerprint density at radius 3 is 2.18 bits per heavy atom. The molecule has 2 atom stereocenters. The number of ether oxygens (including phenoxy) is 1. The van der Waals surface area contributed by atoms with E-state index in [-0.39, 0.29) is 18.1 Å². The van der Waals surface area contributed by atoms with E-state index in [4.69, 9.17) is 16.3 Å². The first-order valence-electron chi connectivity index (χ1n) is 11.9. The molecule has 1 N–H and O–H groups in total. The maximum absolute atomic E-state index is 13.2. The fraction of sp³-hybridized carbons (Fsp3) is 0.519. The zero-order chi connectivity index (χ0) is 25.1. The Balaban J connectivity index is 1.89. The number of nitrogens with one attached hydrogen (secondary N) is 1. The van der Waals surface area contributed by atoms with Crippen LogP contribution in [0.25, 0.3) is 11.1 Å². The number of likely N-dealkylation sites (tertiary alicyclic amines) is 1. The van der Waals surface area contributed by atoms with Gasteiger partial charge < -0.3 is 9.64 Å². The van der Waals surface area contributed by atoms with Crippen LogP contribution in [0.3, 0.4) is 0 Å². The highest BCUT2D eigenvalue weighted by atomic mass is 35.5. The van der Waals surface area contributed by atoms with Gasteiger partial charge >= 0.3 is 6.09 Å². The monoisotopic (exact) mass is 504 g/mol. The first-order chi connectivity index (χ1) is 15.8. The number of hydrogen-bond acceptors (Lipinski definition) is 3. The molecule has 0 aliphatic carbocycles. The molecule has 1 amide bonds. The second kappa shape index (κ2) is 10.8. The topological polar surface area (TPSA) is 58.6 Å². The number of hydrogen-bond donors (Lipinski definition) is 1. The van der Waals surface area contributed by atoms with E-state index in [0.29, 0.717) is 18.1 Å². The lowest BCUT2D eigenvalue weighted by molar-refractivity contribution is 0.0172. The van der Waals surface area contributed by atoms with Gasteiger partial charge in [-0.2, -0.15) is 0 Å². The maximum Gasteiger partial charge on any atom is 0.410 e. The van der Waals surface area contributed by atoms with Crippen LogP contribution in [-0.2, 0) is 15.7 Å². The van der Waals surface area contributed by atoms with Crippen LogP contribution >= 0.6 is 11.6 Å². The lowest BCUT2D eigenvalue weighted by Crippen LogP contribution is -2.45. The molecular weight excluding hydrogens is 468 g/mol. The number of halogens is 1. The first kappa shape index (κ1) is 26.7. The summed E-state index contributed by atoms with van der Waals surface area (Å²) in [5, 5.41) is 0.694. The average Bonchev–Trinajstić information content (AvgIpc) is 2.76. The molecule has 2 aromatic carbocycles. The molecule has 7 heteroatoms. The van der Waals surface area contributed by atoms with Crippen LogP contribution in [0.4, 0.5) is 4.79 Å². The Bertz CT molecular complexity index is 1000. The van der Waals surface area contributed by atoms with Crippen molar-refractivity contribution in [2.24, 2.45) is 5.92 Å². The summed E-state index contributed by atoms with van der Waals surface area (Å²) in [6.07, 6.45) is 1.33. The van der Waals surface area contributed by atoms with Gasteiger partial charge in [0.2, 0.25) is 0 Å². The Morgan fingerprint density at radius 1 is 1.03 bits per heavy atom. The second-order valence-corrected chi connectivity index (χ2v) is 13.3. The first-order valence-corrected chi connectivity index (χ1v) is 13.4. The van der Waals surface area contributed by atoms with Crippen LogP contribution in [0, 0.1) is 5.92 Å². The van der Waals surface area contributed by atoms with Crippen molar-refractivity contribution in [1.82, 2.24) is 9.62 Å². The van der Waals surface area contributed by atoms with Gasteiger partial charge in [0.15, 0.2) is 0 Å². The highest BCUT2D eigenvalue weighted by Crippen LogP contribution is 2.37. The molecule has 1 aliphatic rings. The number of amides is 1. The van der Waals surface area contributed by atoms with E-state index in [9.17, 15) is 9.00 Å². The standard InChI is InChI=1S/C27H37ClN2O3S/c1-26(2,3)33-25(31)30-17-15-20(16-18-30)24(29-34(32)27(4,5)6)23-10-8-7-9-22(23)19-11-13-21(28)14-12-19/h7-14,20,24,29H,15-18H2,1-6H3. The third-order valence-corrected chi connectivity index (χ3v) is 7.74. The fourth-order valence-corrected chi connectivity index (χ4v) is 5.14. The van der Waals surface area contributed by atoms with Crippen molar-refractivity contribution >= 4 is 28.7 Å². The molecule has 2 unspecified atom stereocenters. The zero-order valence-corrected chi connectivity index (χ0v) is 22.6. The van der Waals surface area contributed by atoms with E-state index in [0.717, 1.165) is 29.5 Å². The van der Waals surface area contributed by atoms with E-state index in [1.165, 1.54) is 0 Å². The lowest BCUT2D eigenvalue weighted by atomic mass is 9.83. The van der Waals surface area contributed by atoms with Gasteiger partial charge in [-0.05, 0) is 89.1 Å². The minimum absolute atomic E-state index is 0.118. The van der Waals surface area contributed by atoms with Crippen LogP contribution < -0.4 is 4.72 Å². The zero-order valence-electron chi connectivity index (χ0n) is 21.1. The SMILES string of the molecule is CC(C)(C)OC(=O)N1CCC(C(NS(=O)C(C)(C)C)c2ccccc2-c2ccc(Cl)cc2)CC1. The molecule has 0 bridgehead atoms. The van der Waals surface area contributed by atoms with Gasteiger partial charge in [-0.15, -0.1) is 0 Å². The van der Waals surface area contributed by atoms with Crippen LogP contribution in [0.15, 0.2) is 48.5 Å². The predicted molar refractivity (Wildman–Crippen MR) is 141 cm³/mol. The Hall–Kier alpha value is -1.89. The van der Waals surface area contributed by atoms with Crippen molar-refractivity contribution in [3.8, 4) is 11.1 Å². The number of nitrogens with zero attached hydrogens (tertiary/aromatic N) is 1. The molecular formula is C27H37ClN2O3S. The fourth-order valence-electron chi connectivity index (χ4n) is 4.11. The van der Waals surface area contributed by atoms with E-state index < -0.39 is 21.3 Å². The third kappa shape index (κ3) is 7.06. The van der Waals surface area contributed by atoms with Crippen LogP contribution in [0.2, 0.25) is 5.02 Å². The van der Waals surface area contributed by atoms with Gasteiger partial charge in [-0.3, -0.25) is 0 Å². The molecule has 1 saturated heterocycles. The van der Waals surface area contributed by atoms with Crippen LogP contribution in [-0.4, -0.2) is 38.6 Å². The summed E-state index contributed by atoms with van der Waals surface area (Å²) in [4.78, 5) is 14.3. The van der Waals surface area contributed by atoms with Crippen molar-refractivity contribution in [3.63, 3.8) is 0 Å². The minimum atomic E-state index is -1.25. The van der Waals surface area contributed by atoms with Gasteiger partial charge in [0.25, 0.3) is 0 Å². The normalized spacial score (nSPS) is 17.3. The summed E-state index contributed by atoms with van der Waals surface area (Å²) in [5.74, 6) is 0.221. The molecule has 1 fully saturated rings. The molecule has 5 nitrogen and oxygen atoms in total. The van der Waals surface area contributed by atoms with Gasteiger partial charge in [0.1, 0.15) is 5.60 Å². The number of rotatable bonds is 5. The average molecular weight is 505 g/mol. The quantitative estimate of drug-likeness (QED) is 0.490. The molecule has 0 aromatic heterocycles. The van der Waals surface area contributed by atoms with Gasteiger partial charge in [0, 0.05) is 24.2 Å². The summed E-state index contributed by atoms with van der Waals surface area (Å²) in [6, 6.07) is 16.0. The maximum atomic E-state index is 13.2. The number of piperidine rings is 1. The van der Waals surface area contributed by atoms with E-state index >= 15 is 0 Å². The van der Waals surface area contributed by atoms with Gasteiger partial charge in [-0.1, -0.05) is 48.0 Å². The summed E-state index contributed by atoms with van der Waals surface area (Å²) >= 11 is 6.13.